The van der Waals surface area contributed by atoms with Crippen LogP contribution in [-0.4, -0.2) is 25.7 Å². The molecule has 0 aliphatic heterocycles. The Morgan fingerprint density at radius 1 is 1.40 bits per heavy atom. The minimum atomic E-state index is -0.718. The molecule has 20 heavy (non-hydrogen) atoms. The SMILES string of the molecule is CCCCN=C(N)NCCOc1ccc(F)cc1F.I. The topological polar surface area (TPSA) is 59.6 Å². The normalized spacial score (nSPS) is 10.8. The number of aliphatic imine (C=N–C) groups is 1. The summed E-state index contributed by atoms with van der Waals surface area (Å²) in [5, 5.41) is 2.85. The molecule has 0 heterocycles. The first kappa shape index (κ1) is 18.9. The Balaban J connectivity index is 0.00000361. The van der Waals surface area contributed by atoms with Crippen LogP contribution in [0.3, 0.4) is 0 Å². The molecular formula is C13H20F2IN3O. The highest BCUT2D eigenvalue weighted by molar-refractivity contribution is 14.0. The first-order valence-electron chi connectivity index (χ1n) is 6.25. The van der Waals surface area contributed by atoms with E-state index in [1.807, 2.05) is 0 Å². The summed E-state index contributed by atoms with van der Waals surface area (Å²) in [6, 6.07) is 3.18. The number of nitrogens with zero attached hydrogens (tertiary/aromatic N) is 1. The average Bonchev–Trinajstić information content (AvgIpc) is 2.37. The van der Waals surface area contributed by atoms with E-state index < -0.39 is 11.6 Å². The second-order valence-corrected chi connectivity index (χ2v) is 3.97. The van der Waals surface area contributed by atoms with Crippen LogP contribution < -0.4 is 15.8 Å². The third-order valence-corrected chi connectivity index (χ3v) is 2.35. The first-order valence-corrected chi connectivity index (χ1v) is 6.25. The molecule has 0 bridgehead atoms. The maximum atomic E-state index is 13.2. The highest BCUT2D eigenvalue weighted by Gasteiger charge is 2.04. The van der Waals surface area contributed by atoms with Crippen molar-refractivity contribution in [3.05, 3.63) is 29.8 Å². The van der Waals surface area contributed by atoms with E-state index >= 15 is 0 Å². The number of hydrogen-bond donors (Lipinski definition) is 2. The van der Waals surface area contributed by atoms with E-state index in [0.717, 1.165) is 25.0 Å². The standard InChI is InChI=1S/C13H19F2N3O.HI/c1-2-3-6-17-13(16)18-7-8-19-12-5-4-10(14)9-11(12)15;/h4-5,9H,2-3,6-8H2,1H3,(H3,16,17,18);1H. The number of nitrogens with two attached hydrogens (primary N) is 1. The van der Waals surface area contributed by atoms with Crippen molar-refractivity contribution in [2.24, 2.45) is 10.7 Å². The van der Waals surface area contributed by atoms with Crippen molar-refractivity contribution in [3.8, 4) is 5.75 Å². The molecule has 0 aliphatic carbocycles. The van der Waals surface area contributed by atoms with Crippen LogP contribution in [0.15, 0.2) is 23.2 Å². The number of hydrogen-bond acceptors (Lipinski definition) is 2. The fraction of sp³-hybridized carbons (Fsp3) is 0.462. The van der Waals surface area contributed by atoms with Gasteiger partial charge >= 0.3 is 0 Å². The number of halogens is 3. The first-order chi connectivity index (χ1) is 9.13. The molecule has 0 amide bonds. The molecule has 0 aromatic heterocycles. The van der Waals surface area contributed by atoms with Crippen molar-refractivity contribution in [2.75, 3.05) is 19.7 Å². The minimum Gasteiger partial charge on any atom is -0.489 e. The van der Waals surface area contributed by atoms with Crippen molar-refractivity contribution >= 4 is 29.9 Å². The summed E-state index contributed by atoms with van der Waals surface area (Å²) >= 11 is 0. The summed E-state index contributed by atoms with van der Waals surface area (Å²) in [6.07, 6.45) is 2.05. The largest absolute Gasteiger partial charge is 0.489 e. The van der Waals surface area contributed by atoms with E-state index in [2.05, 4.69) is 17.2 Å². The van der Waals surface area contributed by atoms with Gasteiger partial charge in [0.1, 0.15) is 12.4 Å². The Morgan fingerprint density at radius 3 is 2.80 bits per heavy atom. The number of nitrogens with one attached hydrogen (secondary N) is 1. The number of benzene rings is 1. The molecular weight excluding hydrogens is 379 g/mol. The van der Waals surface area contributed by atoms with Crippen LogP contribution in [0.4, 0.5) is 8.78 Å². The maximum absolute atomic E-state index is 13.2. The van der Waals surface area contributed by atoms with E-state index in [4.69, 9.17) is 10.5 Å². The molecule has 0 unspecified atom stereocenters. The summed E-state index contributed by atoms with van der Waals surface area (Å²) in [4.78, 5) is 4.09. The summed E-state index contributed by atoms with van der Waals surface area (Å²) in [7, 11) is 0. The maximum Gasteiger partial charge on any atom is 0.188 e. The van der Waals surface area contributed by atoms with E-state index in [-0.39, 0.29) is 36.3 Å². The molecule has 0 spiro atoms. The average molecular weight is 399 g/mol. The lowest BCUT2D eigenvalue weighted by atomic mass is 10.3. The predicted molar refractivity (Wildman–Crippen MR) is 86.7 cm³/mol. The minimum absolute atomic E-state index is 0. The van der Waals surface area contributed by atoms with E-state index in [9.17, 15) is 8.78 Å². The number of ether oxygens (including phenoxy) is 1. The summed E-state index contributed by atoms with van der Waals surface area (Å²) < 4.78 is 31.0. The summed E-state index contributed by atoms with van der Waals surface area (Å²) in [5.41, 5.74) is 5.60. The van der Waals surface area contributed by atoms with Crippen LogP contribution in [0.5, 0.6) is 5.75 Å². The van der Waals surface area contributed by atoms with Gasteiger partial charge in [0.05, 0.1) is 6.54 Å². The van der Waals surface area contributed by atoms with E-state index in [0.29, 0.717) is 19.0 Å². The molecule has 1 rings (SSSR count). The molecule has 1 aromatic rings. The Kier molecular flexibility index (Phi) is 10.0. The van der Waals surface area contributed by atoms with Gasteiger partial charge in [-0.25, -0.2) is 8.78 Å². The van der Waals surface area contributed by atoms with Gasteiger partial charge in [0, 0.05) is 12.6 Å². The third kappa shape index (κ3) is 7.46. The Hall–Kier alpha value is -1.12. The molecule has 0 aliphatic rings. The number of unbranched alkanes of at least 4 members (excludes halogenated alkanes) is 1. The lowest BCUT2D eigenvalue weighted by Crippen LogP contribution is -2.34. The smallest absolute Gasteiger partial charge is 0.188 e. The zero-order chi connectivity index (χ0) is 14.1. The Labute approximate surface area is 134 Å². The molecule has 0 fully saturated rings. The van der Waals surface area contributed by atoms with Gasteiger partial charge in [-0.05, 0) is 18.6 Å². The molecule has 4 nitrogen and oxygen atoms in total. The van der Waals surface area contributed by atoms with Crippen LogP contribution >= 0.6 is 24.0 Å². The van der Waals surface area contributed by atoms with Crippen molar-refractivity contribution in [1.82, 2.24) is 5.32 Å². The summed E-state index contributed by atoms with van der Waals surface area (Å²) in [6.45, 7) is 3.37. The molecule has 0 radical (unpaired) electrons. The van der Waals surface area contributed by atoms with E-state index in [1.54, 1.807) is 0 Å². The lowest BCUT2D eigenvalue weighted by molar-refractivity contribution is 0.305. The fourth-order valence-electron chi connectivity index (χ4n) is 1.35. The predicted octanol–water partition coefficient (Wildman–Crippen LogP) is 2.67. The molecule has 1 aromatic carbocycles. The van der Waals surface area contributed by atoms with Gasteiger partial charge in [-0.15, -0.1) is 24.0 Å². The van der Waals surface area contributed by atoms with Crippen LogP contribution in [0.1, 0.15) is 19.8 Å². The molecule has 7 heteroatoms. The van der Waals surface area contributed by atoms with Crippen molar-refractivity contribution in [1.29, 1.82) is 0 Å². The van der Waals surface area contributed by atoms with Gasteiger partial charge in [-0.3, -0.25) is 4.99 Å². The Morgan fingerprint density at radius 2 is 2.15 bits per heavy atom. The molecule has 3 N–H and O–H groups in total. The van der Waals surface area contributed by atoms with Gasteiger partial charge in [-0.1, -0.05) is 13.3 Å². The van der Waals surface area contributed by atoms with Crippen molar-refractivity contribution in [3.63, 3.8) is 0 Å². The second-order valence-electron chi connectivity index (χ2n) is 3.97. The van der Waals surface area contributed by atoms with Crippen LogP contribution in [0, 0.1) is 11.6 Å². The van der Waals surface area contributed by atoms with Gasteiger partial charge < -0.3 is 15.8 Å². The van der Waals surface area contributed by atoms with Crippen molar-refractivity contribution < 1.29 is 13.5 Å². The summed E-state index contributed by atoms with van der Waals surface area (Å²) in [5.74, 6) is -0.985. The van der Waals surface area contributed by atoms with Gasteiger partial charge in [-0.2, -0.15) is 0 Å². The lowest BCUT2D eigenvalue weighted by Gasteiger charge is -2.08. The van der Waals surface area contributed by atoms with Gasteiger partial charge in [0.2, 0.25) is 0 Å². The zero-order valence-corrected chi connectivity index (χ0v) is 13.7. The second kappa shape index (κ2) is 10.6. The third-order valence-electron chi connectivity index (χ3n) is 2.35. The number of rotatable bonds is 7. The van der Waals surface area contributed by atoms with Gasteiger partial charge in [0.25, 0.3) is 0 Å². The van der Waals surface area contributed by atoms with Crippen LogP contribution in [0.25, 0.3) is 0 Å². The monoisotopic (exact) mass is 399 g/mol. The molecule has 114 valence electrons. The highest BCUT2D eigenvalue weighted by atomic mass is 127. The highest BCUT2D eigenvalue weighted by Crippen LogP contribution is 2.17. The molecule has 0 saturated heterocycles. The Bertz CT molecular complexity index is 430. The van der Waals surface area contributed by atoms with Crippen LogP contribution in [-0.2, 0) is 0 Å². The quantitative estimate of drug-likeness (QED) is 0.321. The molecule has 0 saturated carbocycles. The fourth-order valence-corrected chi connectivity index (χ4v) is 1.35. The van der Waals surface area contributed by atoms with Crippen molar-refractivity contribution in [2.45, 2.75) is 19.8 Å². The molecule has 0 atom stereocenters. The van der Waals surface area contributed by atoms with Crippen LogP contribution in [0.2, 0.25) is 0 Å². The number of guanidine groups is 1. The van der Waals surface area contributed by atoms with E-state index in [1.165, 1.54) is 6.07 Å². The zero-order valence-electron chi connectivity index (χ0n) is 11.4. The van der Waals surface area contributed by atoms with Gasteiger partial charge in [0.15, 0.2) is 17.5 Å².